The van der Waals surface area contributed by atoms with Crippen molar-refractivity contribution in [2.75, 3.05) is 0 Å². The number of ether oxygens (including phenoxy) is 1. The maximum absolute atomic E-state index is 11.3. The van der Waals surface area contributed by atoms with Crippen LogP contribution in [0.2, 0.25) is 0 Å². The molecule has 0 saturated carbocycles. The maximum atomic E-state index is 11.3. The Morgan fingerprint density at radius 1 is 1.10 bits per heavy atom. The zero-order valence-corrected chi connectivity index (χ0v) is 11.4. The summed E-state index contributed by atoms with van der Waals surface area (Å²) in [6.45, 7) is 1.60. The number of carbonyl (C=O) groups is 2. The number of aromatic hydroxyl groups is 1. The minimum atomic E-state index is -0.980. The first-order valence-corrected chi connectivity index (χ1v) is 6.26. The summed E-state index contributed by atoms with van der Waals surface area (Å²) in [5.41, 5.74) is 1.22. The molecule has 0 heterocycles. The van der Waals surface area contributed by atoms with E-state index < -0.39 is 5.97 Å². The van der Waals surface area contributed by atoms with E-state index in [0.717, 1.165) is 5.56 Å². The topological polar surface area (TPSA) is 83.8 Å². The predicted octanol–water partition coefficient (Wildman–Crippen LogP) is 2.87. The van der Waals surface area contributed by atoms with Crippen LogP contribution in [0.25, 0.3) is 0 Å². The van der Waals surface area contributed by atoms with Crippen LogP contribution in [0.15, 0.2) is 42.5 Å². The minimum Gasteiger partial charge on any atom is -0.507 e. The van der Waals surface area contributed by atoms with Gasteiger partial charge in [-0.15, -0.1) is 0 Å². The van der Waals surface area contributed by atoms with Crippen LogP contribution in [0, 0.1) is 0 Å². The Hall–Kier alpha value is -2.82. The van der Waals surface area contributed by atoms with Crippen molar-refractivity contribution in [1.82, 2.24) is 0 Å². The SMILES string of the molecule is CC(=O)c1cc(OCc2ccc(C(=O)O)cc2)ccc1O. The fourth-order valence-corrected chi connectivity index (χ4v) is 1.80. The number of carboxylic acids is 1. The van der Waals surface area contributed by atoms with Crippen molar-refractivity contribution >= 4 is 11.8 Å². The highest BCUT2D eigenvalue weighted by molar-refractivity contribution is 5.97. The molecule has 0 amide bonds. The number of carboxylic acid groups (broad SMARTS) is 1. The van der Waals surface area contributed by atoms with E-state index in [-0.39, 0.29) is 29.3 Å². The molecule has 0 bridgehead atoms. The Balaban J connectivity index is 2.07. The standard InChI is InChI=1S/C16H14O5/c1-10(17)14-8-13(6-7-15(14)18)21-9-11-2-4-12(5-3-11)16(19)20/h2-8,18H,9H2,1H3,(H,19,20). The van der Waals surface area contributed by atoms with E-state index in [2.05, 4.69) is 0 Å². The highest BCUT2D eigenvalue weighted by atomic mass is 16.5. The van der Waals surface area contributed by atoms with Gasteiger partial charge in [-0.1, -0.05) is 12.1 Å². The van der Waals surface area contributed by atoms with Gasteiger partial charge in [0.1, 0.15) is 18.1 Å². The Kier molecular flexibility index (Phi) is 4.23. The first-order chi connectivity index (χ1) is 9.97. The summed E-state index contributed by atoms with van der Waals surface area (Å²) < 4.78 is 5.53. The molecule has 0 fully saturated rings. The molecular formula is C16H14O5. The zero-order chi connectivity index (χ0) is 15.4. The van der Waals surface area contributed by atoms with Crippen LogP contribution in [0.4, 0.5) is 0 Å². The second kappa shape index (κ2) is 6.09. The number of ketones is 1. The van der Waals surface area contributed by atoms with Gasteiger partial charge in [-0.25, -0.2) is 4.79 Å². The van der Waals surface area contributed by atoms with E-state index >= 15 is 0 Å². The molecule has 5 nitrogen and oxygen atoms in total. The molecule has 0 unspecified atom stereocenters. The van der Waals surface area contributed by atoms with Crippen LogP contribution in [0.3, 0.4) is 0 Å². The van der Waals surface area contributed by atoms with E-state index in [4.69, 9.17) is 9.84 Å². The molecule has 0 saturated heterocycles. The molecule has 0 aliphatic heterocycles. The first-order valence-electron chi connectivity index (χ1n) is 6.26. The van der Waals surface area contributed by atoms with Crippen LogP contribution >= 0.6 is 0 Å². The van der Waals surface area contributed by atoms with Gasteiger partial charge in [-0.3, -0.25) is 4.79 Å². The van der Waals surface area contributed by atoms with Crippen LogP contribution in [0.5, 0.6) is 11.5 Å². The molecule has 2 rings (SSSR count). The number of hydrogen-bond acceptors (Lipinski definition) is 4. The number of carbonyl (C=O) groups excluding carboxylic acids is 1. The number of hydrogen-bond donors (Lipinski definition) is 2. The van der Waals surface area contributed by atoms with E-state index in [1.165, 1.54) is 31.2 Å². The molecular weight excluding hydrogens is 272 g/mol. The predicted molar refractivity (Wildman–Crippen MR) is 75.8 cm³/mol. The van der Waals surface area contributed by atoms with Crippen molar-refractivity contribution in [3.05, 3.63) is 59.2 Å². The van der Waals surface area contributed by atoms with Gasteiger partial charge < -0.3 is 14.9 Å². The molecule has 2 aromatic rings. The molecule has 2 aromatic carbocycles. The summed E-state index contributed by atoms with van der Waals surface area (Å²) in [4.78, 5) is 22.1. The molecule has 21 heavy (non-hydrogen) atoms. The second-order valence-electron chi connectivity index (χ2n) is 4.53. The smallest absolute Gasteiger partial charge is 0.335 e. The van der Waals surface area contributed by atoms with Crippen LogP contribution < -0.4 is 4.74 Å². The monoisotopic (exact) mass is 286 g/mol. The lowest BCUT2D eigenvalue weighted by atomic mass is 10.1. The molecule has 5 heteroatoms. The summed E-state index contributed by atoms with van der Waals surface area (Å²) in [5.74, 6) is -0.850. The highest BCUT2D eigenvalue weighted by Crippen LogP contribution is 2.24. The Morgan fingerprint density at radius 2 is 1.76 bits per heavy atom. The minimum absolute atomic E-state index is 0.0827. The van der Waals surface area contributed by atoms with Crippen molar-refractivity contribution in [3.63, 3.8) is 0 Å². The molecule has 0 aromatic heterocycles. The lowest BCUT2D eigenvalue weighted by Gasteiger charge is -2.08. The van der Waals surface area contributed by atoms with Crippen LogP contribution in [0.1, 0.15) is 33.2 Å². The molecule has 108 valence electrons. The van der Waals surface area contributed by atoms with E-state index in [0.29, 0.717) is 5.75 Å². The van der Waals surface area contributed by atoms with Gasteiger partial charge in [0.2, 0.25) is 0 Å². The van der Waals surface area contributed by atoms with Crippen molar-refractivity contribution in [3.8, 4) is 11.5 Å². The number of benzene rings is 2. The highest BCUT2D eigenvalue weighted by Gasteiger charge is 2.08. The zero-order valence-electron chi connectivity index (χ0n) is 11.4. The van der Waals surface area contributed by atoms with Gasteiger partial charge in [-0.2, -0.15) is 0 Å². The quantitative estimate of drug-likeness (QED) is 0.826. The molecule has 0 radical (unpaired) electrons. The van der Waals surface area contributed by atoms with Crippen molar-refractivity contribution in [2.45, 2.75) is 13.5 Å². The van der Waals surface area contributed by atoms with E-state index in [1.54, 1.807) is 18.2 Å². The van der Waals surface area contributed by atoms with Gasteiger partial charge in [0.05, 0.1) is 11.1 Å². The van der Waals surface area contributed by atoms with Crippen LogP contribution in [-0.4, -0.2) is 22.0 Å². The second-order valence-corrected chi connectivity index (χ2v) is 4.53. The Morgan fingerprint density at radius 3 is 2.33 bits per heavy atom. The average molecular weight is 286 g/mol. The van der Waals surface area contributed by atoms with Gasteiger partial charge in [0.25, 0.3) is 0 Å². The molecule has 2 N–H and O–H groups in total. The van der Waals surface area contributed by atoms with Crippen molar-refractivity contribution in [2.24, 2.45) is 0 Å². The van der Waals surface area contributed by atoms with Crippen molar-refractivity contribution < 1.29 is 24.5 Å². The third-order valence-electron chi connectivity index (χ3n) is 2.95. The third-order valence-corrected chi connectivity index (χ3v) is 2.95. The lowest BCUT2D eigenvalue weighted by molar-refractivity contribution is 0.0696. The summed E-state index contributed by atoms with van der Waals surface area (Å²) in [5, 5.41) is 18.3. The normalized spacial score (nSPS) is 10.1. The summed E-state index contributed by atoms with van der Waals surface area (Å²) >= 11 is 0. The van der Waals surface area contributed by atoms with Gasteiger partial charge in [0, 0.05) is 0 Å². The molecule has 0 aliphatic rings. The fourth-order valence-electron chi connectivity index (χ4n) is 1.80. The largest absolute Gasteiger partial charge is 0.507 e. The maximum Gasteiger partial charge on any atom is 0.335 e. The van der Waals surface area contributed by atoms with Gasteiger partial charge in [-0.05, 0) is 42.8 Å². The molecule has 0 aliphatic carbocycles. The number of aromatic carboxylic acids is 1. The van der Waals surface area contributed by atoms with Gasteiger partial charge >= 0.3 is 5.97 Å². The lowest BCUT2D eigenvalue weighted by Crippen LogP contribution is -2.00. The average Bonchev–Trinajstić information content (AvgIpc) is 2.46. The molecule has 0 atom stereocenters. The summed E-state index contributed by atoms with van der Waals surface area (Å²) in [6, 6.07) is 10.8. The molecule has 0 spiro atoms. The number of phenols is 1. The Bertz CT molecular complexity index is 674. The third kappa shape index (κ3) is 3.60. The van der Waals surface area contributed by atoms with E-state index in [1.807, 2.05) is 0 Å². The first kappa shape index (κ1) is 14.6. The number of phenolic OH excluding ortho intramolecular Hbond substituents is 1. The number of rotatable bonds is 5. The van der Waals surface area contributed by atoms with Crippen molar-refractivity contribution in [1.29, 1.82) is 0 Å². The van der Waals surface area contributed by atoms with Gasteiger partial charge in [0.15, 0.2) is 5.78 Å². The van der Waals surface area contributed by atoms with E-state index in [9.17, 15) is 14.7 Å². The number of Topliss-reactive ketones (excluding diaryl/α,β-unsaturated/α-hetero) is 1. The van der Waals surface area contributed by atoms with Crippen LogP contribution in [-0.2, 0) is 6.61 Å². The summed E-state index contributed by atoms with van der Waals surface area (Å²) in [6.07, 6.45) is 0. The Labute approximate surface area is 121 Å². The summed E-state index contributed by atoms with van der Waals surface area (Å²) in [7, 11) is 0. The fraction of sp³-hybridized carbons (Fsp3) is 0.125.